The summed E-state index contributed by atoms with van der Waals surface area (Å²) in [5.41, 5.74) is 14.3. The predicted octanol–water partition coefficient (Wildman–Crippen LogP) is 15.0. The highest BCUT2D eigenvalue weighted by atomic mass is 16.3. The number of rotatable bonds is 6. The van der Waals surface area contributed by atoms with Crippen LogP contribution in [0.5, 0.6) is 5.75 Å². The predicted molar refractivity (Wildman–Crippen MR) is 253 cm³/mol. The van der Waals surface area contributed by atoms with Crippen LogP contribution in [-0.2, 0) is 16.2 Å². The van der Waals surface area contributed by atoms with Gasteiger partial charge >= 0.3 is 0 Å². The smallest absolute Gasteiger partial charge is 0.149 e. The molecule has 6 aromatic carbocycles. The molecule has 0 aliphatic carbocycles. The largest absolute Gasteiger partial charge is 0.507 e. The van der Waals surface area contributed by atoms with Gasteiger partial charge in [-0.25, -0.2) is 4.98 Å². The first-order valence-electron chi connectivity index (χ1n) is 22.4. The molecule has 8 aromatic rings. The number of hydrogen-bond acceptors (Lipinski definition) is 3. The van der Waals surface area contributed by atoms with E-state index in [4.69, 9.17) is 14.1 Å². The molecule has 302 valence electrons. The third-order valence-electron chi connectivity index (χ3n) is 11.5. The number of nitrogens with zero attached hydrogens (tertiary/aromatic N) is 3. The van der Waals surface area contributed by atoms with Crippen LogP contribution in [0.15, 0.2) is 140 Å². The number of phenols is 1. The molecule has 0 bridgehead atoms. The molecule has 0 aliphatic rings. The first-order valence-corrected chi connectivity index (χ1v) is 20.9. The van der Waals surface area contributed by atoms with Crippen LogP contribution < -0.4 is 0 Å². The molecule has 60 heavy (non-hydrogen) atoms. The summed E-state index contributed by atoms with van der Waals surface area (Å²) in [6, 6.07) is 45.2. The maximum atomic E-state index is 12.5. The molecule has 0 spiro atoms. The SMILES string of the molecule is [2H]C([2H])([2H])c1ccc(-n2c(-c3cc(C(C)(C)C)cc(C(C)(C)C)c3O)nc3c(-c4cc(-c5cc(-c6cccc(C)c6)ccn5)cc(C(C)(C)C)c4)cccc32)c(-c2ccccc2)c1. The number of fused-ring (bicyclic) bond motifs is 1. The number of phenolic OH excluding ortho intramolecular Hbond substituents is 1. The average molecular weight is 791 g/mol. The van der Waals surface area contributed by atoms with Crippen molar-refractivity contribution in [2.75, 3.05) is 0 Å². The molecule has 8 rings (SSSR count). The maximum Gasteiger partial charge on any atom is 0.149 e. The number of para-hydroxylation sites is 1. The van der Waals surface area contributed by atoms with Gasteiger partial charge in [0.2, 0.25) is 0 Å². The number of aromatic nitrogens is 3. The van der Waals surface area contributed by atoms with Crippen LogP contribution in [0, 0.1) is 13.8 Å². The lowest BCUT2D eigenvalue weighted by atomic mass is 9.79. The first-order chi connectivity index (χ1) is 29.6. The van der Waals surface area contributed by atoms with Crippen molar-refractivity contribution in [2.45, 2.75) is 92.3 Å². The zero-order valence-corrected chi connectivity index (χ0v) is 36.6. The van der Waals surface area contributed by atoms with Crippen LogP contribution in [0.2, 0.25) is 0 Å². The summed E-state index contributed by atoms with van der Waals surface area (Å²) >= 11 is 0. The summed E-state index contributed by atoms with van der Waals surface area (Å²) in [4.78, 5) is 10.5. The van der Waals surface area contributed by atoms with Gasteiger partial charge in [-0.3, -0.25) is 9.55 Å². The molecule has 0 unspecified atom stereocenters. The van der Waals surface area contributed by atoms with E-state index in [9.17, 15) is 5.11 Å². The Bertz CT molecular complexity index is 3010. The molecule has 0 aliphatic heterocycles. The molecule has 2 aromatic heterocycles. The minimum Gasteiger partial charge on any atom is -0.507 e. The summed E-state index contributed by atoms with van der Waals surface area (Å²) < 4.78 is 27.3. The normalized spacial score (nSPS) is 13.3. The Morgan fingerprint density at radius 1 is 0.533 bits per heavy atom. The first kappa shape index (κ1) is 36.8. The Kier molecular flexibility index (Phi) is 9.25. The standard InChI is InChI=1S/C56H57N3O/c1-35-17-15-20-38(27-35)39-25-26-57-48(32-39)41-29-40(30-42(31-41)54(3,4)5)44-21-16-22-50-51(44)58-53(46-33-43(55(6,7)8)34-47(52(46)60)56(9,10)11)59(50)49-24-23-36(2)28-45(49)37-18-13-12-14-19-37/h12-34,60H,1-11H3/i2D3. The van der Waals surface area contributed by atoms with E-state index in [1.54, 1.807) is 12.1 Å². The highest BCUT2D eigenvalue weighted by molar-refractivity contribution is 5.98. The van der Waals surface area contributed by atoms with Crippen molar-refractivity contribution >= 4 is 11.0 Å². The molecule has 4 heteroatoms. The molecule has 4 nitrogen and oxygen atoms in total. The topological polar surface area (TPSA) is 50.9 Å². The Hall–Kier alpha value is -6.26. The molecular weight excluding hydrogens is 731 g/mol. The van der Waals surface area contributed by atoms with Gasteiger partial charge in [0.1, 0.15) is 11.6 Å². The van der Waals surface area contributed by atoms with E-state index in [-0.39, 0.29) is 27.6 Å². The van der Waals surface area contributed by atoms with E-state index in [0.29, 0.717) is 11.4 Å². The lowest BCUT2D eigenvalue weighted by molar-refractivity contribution is 0.446. The fourth-order valence-corrected chi connectivity index (χ4v) is 8.10. The van der Waals surface area contributed by atoms with E-state index >= 15 is 0 Å². The van der Waals surface area contributed by atoms with Gasteiger partial charge in [0.05, 0.1) is 28.0 Å². The van der Waals surface area contributed by atoms with Gasteiger partial charge < -0.3 is 5.11 Å². The average Bonchev–Trinajstić information content (AvgIpc) is 3.61. The monoisotopic (exact) mass is 790 g/mol. The highest BCUT2D eigenvalue weighted by Crippen LogP contribution is 2.46. The number of hydrogen-bond donors (Lipinski definition) is 1. The van der Waals surface area contributed by atoms with Crippen molar-refractivity contribution < 1.29 is 9.22 Å². The Morgan fingerprint density at radius 2 is 1.22 bits per heavy atom. The molecule has 2 heterocycles. The van der Waals surface area contributed by atoms with Gasteiger partial charge in [-0.05, 0) is 112 Å². The third-order valence-corrected chi connectivity index (χ3v) is 11.5. The molecule has 1 N–H and O–H groups in total. The second kappa shape index (κ2) is 15.1. The van der Waals surface area contributed by atoms with Crippen LogP contribution in [-0.4, -0.2) is 19.6 Å². The Morgan fingerprint density at radius 3 is 1.92 bits per heavy atom. The maximum absolute atomic E-state index is 12.5. The molecular formula is C56H57N3O. The summed E-state index contributed by atoms with van der Waals surface area (Å²) in [5.74, 6) is 0.732. The lowest BCUT2D eigenvalue weighted by Gasteiger charge is -2.27. The van der Waals surface area contributed by atoms with Gasteiger partial charge in [-0.2, -0.15) is 0 Å². The summed E-state index contributed by atoms with van der Waals surface area (Å²) in [7, 11) is 0. The Labute approximate surface area is 360 Å². The van der Waals surface area contributed by atoms with Gasteiger partial charge in [-0.15, -0.1) is 0 Å². The summed E-state index contributed by atoms with van der Waals surface area (Å²) in [6.07, 6.45) is 1.89. The van der Waals surface area contributed by atoms with Crippen molar-refractivity contribution in [1.29, 1.82) is 0 Å². The zero-order valence-electron chi connectivity index (χ0n) is 39.6. The van der Waals surface area contributed by atoms with E-state index in [0.717, 1.165) is 78.0 Å². The molecule has 0 amide bonds. The fourth-order valence-electron chi connectivity index (χ4n) is 8.10. The van der Waals surface area contributed by atoms with Crippen molar-refractivity contribution in [3.63, 3.8) is 0 Å². The van der Waals surface area contributed by atoms with Gasteiger partial charge in [-0.1, -0.05) is 158 Å². The molecule has 0 saturated carbocycles. The Balaban J connectivity index is 1.46. The van der Waals surface area contributed by atoms with Gasteiger partial charge in [0, 0.05) is 32.6 Å². The number of aryl methyl sites for hydroxylation is 2. The van der Waals surface area contributed by atoms with Crippen LogP contribution in [0.1, 0.15) is 94.2 Å². The van der Waals surface area contributed by atoms with E-state index in [2.05, 4.69) is 159 Å². The minimum atomic E-state index is -2.32. The van der Waals surface area contributed by atoms with Gasteiger partial charge in [0.25, 0.3) is 0 Å². The zero-order chi connectivity index (χ0) is 45.2. The molecule has 0 fully saturated rings. The summed E-state index contributed by atoms with van der Waals surface area (Å²) in [6.45, 7) is 19.4. The van der Waals surface area contributed by atoms with Crippen LogP contribution >= 0.6 is 0 Å². The van der Waals surface area contributed by atoms with Crippen molar-refractivity contribution in [3.05, 3.63) is 167 Å². The van der Waals surface area contributed by atoms with Crippen molar-refractivity contribution in [1.82, 2.24) is 14.5 Å². The van der Waals surface area contributed by atoms with Gasteiger partial charge in [0.15, 0.2) is 0 Å². The van der Waals surface area contributed by atoms with E-state index in [1.165, 1.54) is 5.56 Å². The lowest BCUT2D eigenvalue weighted by Crippen LogP contribution is -2.17. The second-order valence-electron chi connectivity index (χ2n) is 19.3. The van der Waals surface area contributed by atoms with E-state index < -0.39 is 6.85 Å². The van der Waals surface area contributed by atoms with Crippen molar-refractivity contribution in [2.24, 2.45) is 0 Å². The molecule has 0 saturated heterocycles. The highest BCUT2D eigenvalue weighted by Gasteiger charge is 2.29. The molecule has 0 radical (unpaired) electrons. The van der Waals surface area contributed by atoms with Crippen molar-refractivity contribution in [3.8, 4) is 67.5 Å². The van der Waals surface area contributed by atoms with Crippen LogP contribution in [0.25, 0.3) is 72.7 Å². The number of pyridine rings is 1. The number of aromatic hydroxyl groups is 1. The third kappa shape index (κ3) is 7.79. The van der Waals surface area contributed by atoms with E-state index in [1.807, 2.05) is 42.6 Å². The summed E-state index contributed by atoms with van der Waals surface area (Å²) in [5, 5.41) is 12.5. The minimum absolute atomic E-state index is 0.172. The fraction of sp³-hybridized carbons (Fsp3) is 0.250. The molecule has 0 atom stereocenters. The quantitative estimate of drug-likeness (QED) is 0.182. The van der Waals surface area contributed by atoms with Crippen LogP contribution in [0.3, 0.4) is 0 Å². The number of benzene rings is 6. The van der Waals surface area contributed by atoms with Crippen LogP contribution in [0.4, 0.5) is 0 Å². The number of imidazole rings is 1. The second-order valence-corrected chi connectivity index (χ2v) is 19.3.